The first kappa shape index (κ1) is 19.0. The molecule has 1 aliphatic carbocycles. The third kappa shape index (κ3) is 4.55. The van der Waals surface area contributed by atoms with Gasteiger partial charge in [-0.3, -0.25) is 14.8 Å². The minimum absolute atomic E-state index is 0.0867. The summed E-state index contributed by atoms with van der Waals surface area (Å²) in [5.41, 5.74) is 5.19. The molecule has 0 radical (unpaired) electrons. The van der Waals surface area contributed by atoms with Gasteiger partial charge in [-0.1, -0.05) is 12.1 Å². The zero-order valence-corrected chi connectivity index (χ0v) is 16.7. The van der Waals surface area contributed by atoms with Crippen molar-refractivity contribution in [2.24, 2.45) is 0 Å². The van der Waals surface area contributed by atoms with Crippen LogP contribution in [0.1, 0.15) is 48.2 Å². The zero-order valence-electron chi connectivity index (χ0n) is 16.7. The minimum atomic E-state index is 0.0867. The van der Waals surface area contributed by atoms with Gasteiger partial charge in [0.1, 0.15) is 5.75 Å². The number of amides is 1. The lowest BCUT2D eigenvalue weighted by Crippen LogP contribution is -2.32. The second kappa shape index (κ2) is 8.78. The van der Waals surface area contributed by atoms with E-state index in [0.29, 0.717) is 0 Å². The molecule has 1 aliphatic heterocycles. The SMILES string of the molecule is CN(Cc1ccc(OCC(=O)N2CCCC2)cc1)Cc1n[nH]c2c1CCCC2. The van der Waals surface area contributed by atoms with Crippen molar-refractivity contribution in [2.45, 2.75) is 51.6 Å². The van der Waals surface area contributed by atoms with E-state index in [0.717, 1.165) is 57.6 Å². The van der Waals surface area contributed by atoms with E-state index in [-0.39, 0.29) is 12.5 Å². The summed E-state index contributed by atoms with van der Waals surface area (Å²) in [4.78, 5) is 16.2. The number of hydrogen-bond donors (Lipinski definition) is 1. The van der Waals surface area contributed by atoms with Gasteiger partial charge >= 0.3 is 0 Å². The molecule has 28 heavy (non-hydrogen) atoms. The smallest absolute Gasteiger partial charge is 0.260 e. The molecule has 4 rings (SSSR count). The largest absolute Gasteiger partial charge is 0.484 e. The number of H-pyrrole nitrogens is 1. The Morgan fingerprint density at radius 2 is 1.86 bits per heavy atom. The summed E-state index contributed by atoms with van der Waals surface area (Å²) in [5.74, 6) is 0.837. The number of benzene rings is 1. The van der Waals surface area contributed by atoms with Crippen LogP contribution < -0.4 is 4.74 Å². The number of likely N-dealkylation sites (tertiary alicyclic amines) is 1. The Bertz CT molecular complexity index is 793. The second-order valence-electron chi connectivity index (χ2n) is 8.03. The third-order valence-electron chi connectivity index (χ3n) is 5.76. The summed E-state index contributed by atoms with van der Waals surface area (Å²) in [5, 5.41) is 7.77. The highest BCUT2D eigenvalue weighted by Crippen LogP contribution is 2.23. The molecule has 1 aromatic heterocycles. The summed E-state index contributed by atoms with van der Waals surface area (Å²) in [6.45, 7) is 3.58. The van der Waals surface area contributed by atoms with Gasteiger partial charge in [0, 0.05) is 31.9 Å². The fourth-order valence-electron chi connectivity index (χ4n) is 4.20. The van der Waals surface area contributed by atoms with Gasteiger partial charge in [0.05, 0.1) is 5.69 Å². The molecule has 1 fully saturated rings. The number of nitrogens with one attached hydrogen (secondary N) is 1. The van der Waals surface area contributed by atoms with Crippen LogP contribution in [0.25, 0.3) is 0 Å². The molecule has 1 N–H and O–H groups in total. The van der Waals surface area contributed by atoms with Crippen LogP contribution in [0.5, 0.6) is 5.75 Å². The Labute approximate surface area is 166 Å². The topological polar surface area (TPSA) is 61.5 Å². The van der Waals surface area contributed by atoms with Crippen LogP contribution in [0.2, 0.25) is 0 Å². The number of carbonyl (C=O) groups excluding carboxylic acids is 1. The van der Waals surface area contributed by atoms with Crippen molar-refractivity contribution in [2.75, 3.05) is 26.7 Å². The molecule has 150 valence electrons. The number of hydrogen-bond acceptors (Lipinski definition) is 4. The van der Waals surface area contributed by atoms with E-state index >= 15 is 0 Å². The van der Waals surface area contributed by atoms with Crippen molar-refractivity contribution < 1.29 is 9.53 Å². The fraction of sp³-hybridized carbons (Fsp3) is 0.545. The fourth-order valence-corrected chi connectivity index (χ4v) is 4.20. The summed E-state index contributed by atoms with van der Waals surface area (Å²) in [6, 6.07) is 8.06. The van der Waals surface area contributed by atoms with Crippen LogP contribution in [0.15, 0.2) is 24.3 Å². The first-order chi connectivity index (χ1) is 13.7. The van der Waals surface area contributed by atoms with E-state index in [1.54, 1.807) is 0 Å². The van der Waals surface area contributed by atoms with Gasteiger partial charge in [0.2, 0.25) is 0 Å². The number of nitrogens with zero attached hydrogens (tertiary/aromatic N) is 3. The molecule has 2 aliphatic rings. The van der Waals surface area contributed by atoms with Crippen LogP contribution >= 0.6 is 0 Å². The average molecular weight is 383 g/mol. The molecule has 0 bridgehead atoms. The highest BCUT2D eigenvalue weighted by atomic mass is 16.5. The van der Waals surface area contributed by atoms with Gasteiger partial charge in [-0.2, -0.15) is 5.10 Å². The Morgan fingerprint density at radius 1 is 1.11 bits per heavy atom. The molecule has 2 heterocycles. The summed E-state index contributed by atoms with van der Waals surface area (Å²) in [6.07, 6.45) is 7.03. The molecule has 1 amide bonds. The van der Waals surface area contributed by atoms with Crippen molar-refractivity contribution in [1.82, 2.24) is 20.0 Å². The number of rotatable bonds is 7. The standard InChI is InChI=1S/C22H30N4O2/c1-25(15-21-19-6-2-3-7-20(19)23-24-21)14-17-8-10-18(11-9-17)28-16-22(27)26-12-4-5-13-26/h8-11H,2-7,12-16H2,1H3,(H,23,24). The zero-order chi connectivity index (χ0) is 19.3. The first-order valence-corrected chi connectivity index (χ1v) is 10.4. The van der Waals surface area contributed by atoms with E-state index in [9.17, 15) is 4.79 Å². The monoisotopic (exact) mass is 382 g/mol. The Morgan fingerprint density at radius 3 is 2.64 bits per heavy atom. The van der Waals surface area contributed by atoms with Gasteiger partial charge in [-0.05, 0) is 68.8 Å². The molecule has 0 unspecified atom stereocenters. The van der Waals surface area contributed by atoms with Crippen molar-refractivity contribution in [3.8, 4) is 5.75 Å². The summed E-state index contributed by atoms with van der Waals surface area (Å²) < 4.78 is 5.67. The molecule has 0 saturated carbocycles. The number of ether oxygens (including phenoxy) is 1. The number of carbonyl (C=O) groups is 1. The van der Waals surface area contributed by atoms with Crippen molar-refractivity contribution in [1.29, 1.82) is 0 Å². The van der Waals surface area contributed by atoms with Crippen LogP contribution in [0, 0.1) is 0 Å². The van der Waals surface area contributed by atoms with Gasteiger partial charge in [-0.15, -0.1) is 0 Å². The van der Waals surface area contributed by atoms with Crippen LogP contribution in [0.3, 0.4) is 0 Å². The van der Waals surface area contributed by atoms with Crippen molar-refractivity contribution >= 4 is 5.91 Å². The Hall–Kier alpha value is -2.34. The van der Waals surface area contributed by atoms with E-state index in [1.165, 1.54) is 35.4 Å². The molecular weight excluding hydrogens is 352 g/mol. The lowest BCUT2D eigenvalue weighted by Gasteiger charge is -2.18. The van der Waals surface area contributed by atoms with E-state index in [1.807, 2.05) is 17.0 Å². The predicted octanol–water partition coefficient (Wildman–Crippen LogP) is 2.92. The Kier molecular flexibility index (Phi) is 5.95. The lowest BCUT2D eigenvalue weighted by atomic mass is 9.96. The molecule has 6 heteroatoms. The number of aromatic amines is 1. The van der Waals surface area contributed by atoms with Crippen LogP contribution in [-0.4, -0.2) is 52.6 Å². The van der Waals surface area contributed by atoms with E-state index < -0.39 is 0 Å². The molecule has 1 saturated heterocycles. The molecule has 1 aromatic carbocycles. The maximum Gasteiger partial charge on any atom is 0.260 e. The van der Waals surface area contributed by atoms with Crippen molar-refractivity contribution in [3.05, 3.63) is 46.8 Å². The van der Waals surface area contributed by atoms with Crippen molar-refractivity contribution in [3.63, 3.8) is 0 Å². The molecule has 0 atom stereocenters. The normalized spacial score (nSPS) is 16.4. The molecule has 6 nitrogen and oxygen atoms in total. The number of fused-ring (bicyclic) bond motifs is 1. The number of aromatic nitrogens is 2. The highest BCUT2D eigenvalue weighted by Gasteiger charge is 2.19. The van der Waals surface area contributed by atoms with Crippen LogP contribution in [-0.2, 0) is 30.7 Å². The quantitative estimate of drug-likeness (QED) is 0.800. The second-order valence-corrected chi connectivity index (χ2v) is 8.03. The van der Waals surface area contributed by atoms with Gasteiger partial charge < -0.3 is 9.64 Å². The lowest BCUT2D eigenvalue weighted by molar-refractivity contribution is -0.132. The van der Waals surface area contributed by atoms with Gasteiger partial charge in [0.25, 0.3) is 5.91 Å². The average Bonchev–Trinajstić information content (AvgIpc) is 3.38. The highest BCUT2D eigenvalue weighted by molar-refractivity contribution is 5.78. The maximum atomic E-state index is 12.1. The van der Waals surface area contributed by atoms with Gasteiger partial charge in [0.15, 0.2) is 6.61 Å². The predicted molar refractivity (Wildman–Crippen MR) is 108 cm³/mol. The summed E-state index contributed by atoms with van der Waals surface area (Å²) >= 11 is 0. The number of aryl methyl sites for hydroxylation is 1. The van der Waals surface area contributed by atoms with E-state index in [2.05, 4.69) is 34.3 Å². The maximum absolute atomic E-state index is 12.1. The van der Waals surface area contributed by atoms with Gasteiger partial charge in [-0.25, -0.2) is 0 Å². The molecule has 2 aromatic rings. The summed E-state index contributed by atoms with van der Waals surface area (Å²) in [7, 11) is 2.13. The first-order valence-electron chi connectivity index (χ1n) is 10.4. The Balaban J connectivity index is 1.26. The third-order valence-corrected chi connectivity index (χ3v) is 5.76. The van der Waals surface area contributed by atoms with E-state index in [4.69, 9.17) is 4.74 Å². The van der Waals surface area contributed by atoms with Crippen LogP contribution in [0.4, 0.5) is 0 Å². The molecular formula is C22H30N4O2. The molecule has 0 spiro atoms. The minimum Gasteiger partial charge on any atom is -0.484 e.